The van der Waals surface area contributed by atoms with E-state index in [-0.39, 0.29) is 0 Å². The van der Waals surface area contributed by atoms with Crippen molar-refractivity contribution < 1.29 is 0 Å². The van der Waals surface area contributed by atoms with Gasteiger partial charge >= 0.3 is 0 Å². The number of hydrogen-bond donors (Lipinski definition) is 1. The van der Waals surface area contributed by atoms with Crippen LogP contribution in [-0.4, -0.2) is 35.0 Å². The van der Waals surface area contributed by atoms with Crippen molar-refractivity contribution in [3.8, 4) is 0 Å². The monoisotopic (exact) mass is 312 g/mol. The minimum atomic E-state index is 0.489. The van der Waals surface area contributed by atoms with Crippen LogP contribution in [0.2, 0.25) is 0 Å². The van der Waals surface area contributed by atoms with Crippen molar-refractivity contribution in [2.24, 2.45) is 10.4 Å². The number of nitrogens with zero attached hydrogens (tertiary/aromatic N) is 1. The first kappa shape index (κ1) is 15.1. The van der Waals surface area contributed by atoms with Crippen molar-refractivity contribution in [3.63, 3.8) is 0 Å². The van der Waals surface area contributed by atoms with Crippen molar-refractivity contribution in [2.45, 2.75) is 62.5 Å². The quantitative estimate of drug-likeness (QED) is 0.840. The van der Waals surface area contributed by atoms with Gasteiger partial charge in [-0.05, 0) is 37.4 Å². The highest BCUT2D eigenvalue weighted by molar-refractivity contribution is 8.13. The third kappa shape index (κ3) is 3.32. The summed E-state index contributed by atoms with van der Waals surface area (Å²) in [5.41, 5.74) is 0.554. The summed E-state index contributed by atoms with van der Waals surface area (Å²) in [7, 11) is 0. The van der Waals surface area contributed by atoms with Gasteiger partial charge in [0, 0.05) is 23.6 Å². The number of amidine groups is 1. The van der Waals surface area contributed by atoms with E-state index in [1.807, 2.05) is 11.8 Å². The SMILES string of the molecule is CSC1(CNC2=NCC3(CCCCC3)CS2)CCCC1. The number of hydrogen-bond acceptors (Lipinski definition) is 4. The second-order valence-electron chi connectivity index (χ2n) is 6.92. The van der Waals surface area contributed by atoms with Gasteiger partial charge in [-0.25, -0.2) is 0 Å². The Morgan fingerprint density at radius 2 is 1.80 bits per heavy atom. The molecule has 0 unspecified atom stereocenters. The Kier molecular flexibility index (Phi) is 4.91. The maximum Gasteiger partial charge on any atom is 0.156 e. The van der Waals surface area contributed by atoms with Crippen LogP contribution in [0.25, 0.3) is 0 Å². The highest BCUT2D eigenvalue weighted by atomic mass is 32.2. The van der Waals surface area contributed by atoms with Crippen LogP contribution < -0.4 is 5.32 Å². The van der Waals surface area contributed by atoms with Crippen LogP contribution in [0.3, 0.4) is 0 Å². The van der Waals surface area contributed by atoms with Gasteiger partial charge in [0.1, 0.15) is 0 Å². The fraction of sp³-hybridized carbons (Fsp3) is 0.938. The van der Waals surface area contributed by atoms with Gasteiger partial charge in [0.05, 0.1) is 0 Å². The number of rotatable bonds is 3. The van der Waals surface area contributed by atoms with Gasteiger partial charge in [0.15, 0.2) is 5.17 Å². The molecule has 20 heavy (non-hydrogen) atoms. The second-order valence-corrected chi connectivity index (χ2v) is 9.16. The third-order valence-electron chi connectivity index (χ3n) is 5.50. The van der Waals surface area contributed by atoms with Crippen LogP contribution in [-0.2, 0) is 0 Å². The van der Waals surface area contributed by atoms with Crippen LogP contribution >= 0.6 is 23.5 Å². The van der Waals surface area contributed by atoms with E-state index in [4.69, 9.17) is 4.99 Å². The fourth-order valence-electron chi connectivity index (χ4n) is 3.97. The maximum absolute atomic E-state index is 4.89. The predicted molar refractivity (Wildman–Crippen MR) is 93.0 cm³/mol. The molecular weight excluding hydrogens is 284 g/mol. The molecule has 2 fully saturated rings. The molecule has 0 aromatic heterocycles. The molecule has 2 nitrogen and oxygen atoms in total. The molecule has 3 rings (SSSR count). The van der Waals surface area contributed by atoms with Gasteiger partial charge in [-0.15, -0.1) is 0 Å². The first-order valence-electron chi connectivity index (χ1n) is 8.22. The normalized spacial score (nSPS) is 28.4. The van der Waals surface area contributed by atoms with E-state index in [2.05, 4.69) is 23.3 Å². The van der Waals surface area contributed by atoms with E-state index in [0.29, 0.717) is 10.2 Å². The minimum Gasteiger partial charge on any atom is -0.364 e. The number of thioether (sulfide) groups is 2. The molecule has 1 aliphatic heterocycles. The lowest BCUT2D eigenvalue weighted by Crippen LogP contribution is -2.41. The molecule has 1 N–H and O–H groups in total. The molecule has 0 saturated heterocycles. The van der Waals surface area contributed by atoms with E-state index in [9.17, 15) is 0 Å². The van der Waals surface area contributed by atoms with Gasteiger partial charge in [-0.1, -0.05) is 43.9 Å². The Labute approximate surface area is 132 Å². The van der Waals surface area contributed by atoms with E-state index in [1.54, 1.807) is 0 Å². The lowest BCUT2D eigenvalue weighted by molar-refractivity contribution is 0.232. The molecule has 1 heterocycles. The first-order chi connectivity index (χ1) is 9.76. The van der Waals surface area contributed by atoms with Crippen LogP contribution in [0, 0.1) is 5.41 Å². The molecule has 2 aliphatic carbocycles. The van der Waals surface area contributed by atoms with E-state index >= 15 is 0 Å². The van der Waals surface area contributed by atoms with Crippen molar-refractivity contribution in [1.82, 2.24) is 5.32 Å². The van der Waals surface area contributed by atoms with E-state index in [0.717, 1.165) is 13.1 Å². The first-order valence-corrected chi connectivity index (χ1v) is 10.4. The Morgan fingerprint density at radius 3 is 2.40 bits per heavy atom. The molecule has 1 spiro atoms. The van der Waals surface area contributed by atoms with E-state index in [1.165, 1.54) is 68.7 Å². The summed E-state index contributed by atoms with van der Waals surface area (Å²) >= 11 is 4.05. The fourth-order valence-corrected chi connectivity index (χ4v) is 6.04. The lowest BCUT2D eigenvalue weighted by atomic mass is 9.75. The Balaban J connectivity index is 1.52. The van der Waals surface area contributed by atoms with Gasteiger partial charge in [0.2, 0.25) is 0 Å². The molecule has 114 valence electrons. The second kappa shape index (κ2) is 6.51. The third-order valence-corrected chi connectivity index (χ3v) is 8.22. The summed E-state index contributed by atoms with van der Waals surface area (Å²) < 4.78 is 0.489. The number of aliphatic imine (C=N–C) groups is 1. The van der Waals surface area contributed by atoms with Crippen LogP contribution in [0.5, 0.6) is 0 Å². The van der Waals surface area contributed by atoms with Crippen LogP contribution in [0.1, 0.15) is 57.8 Å². The average Bonchev–Trinajstić information content (AvgIpc) is 2.97. The predicted octanol–water partition coefficient (Wildman–Crippen LogP) is 4.31. The lowest BCUT2D eigenvalue weighted by Gasteiger charge is -2.39. The Morgan fingerprint density at radius 1 is 1.10 bits per heavy atom. The van der Waals surface area contributed by atoms with Crippen molar-refractivity contribution >= 4 is 28.7 Å². The van der Waals surface area contributed by atoms with Crippen LogP contribution in [0.15, 0.2) is 4.99 Å². The summed E-state index contributed by atoms with van der Waals surface area (Å²) in [5, 5.41) is 4.89. The largest absolute Gasteiger partial charge is 0.364 e. The van der Waals surface area contributed by atoms with Gasteiger partial charge in [-0.2, -0.15) is 11.8 Å². The molecule has 0 atom stereocenters. The highest BCUT2D eigenvalue weighted by Crippen LogP contribution is 2.42. The summed E-state index contributed by atoms with van der Waals surface area (Å²) in [6.07, 6.45) is 15.0. The van der Waals surface area contributed by atoms with Gasteiger partial charge < -0.3 is 5.32 Å². The van der Waals surface area contributed by atoms with Crippen molar-refractivity contribution in [1.29, 1.82) is 0 Å². The standard InChI is InChI=1S/C16H28N2S2/c1-19-16(9-5-6-10-16)12-18-14-17-11-15(13-20-14)7-3-2-4-8-15/h2-13H2,1H3,(H,17,18). The molecule has 4 heteroatoms. The average molecular weight is 313 g/mol. The van der Waals surface area contributed by atoms with Crippen LogP contribution in [0.4, 0.5) is 0 Å². The molecule has 0 bridgehead atoms. The molecule has 0 radical (unpaired) electrons. The molecule has 0 aromatic rings. The molecule has 0 aromatic carbocycles. The zero-order valence-electron chi connectivity index (χ0n) is 12.7. The maximum atomic E-state index is 4.89. The van der Waals surface area contributed by atoms with E-state index < -0.39 is 0 Å². The Bertz CT molecular complexity index is 355. The molecule has 0 amide bonds. The highest BCUT2D eigenvalue weighted by Gasteiger charge is 2.36. The van der Waals surface area contributed by atoms with Crippen molar-refractivity contribution in [3.05, 3.63) is 0 Å². The Hall–Kier alpha value is 0.170. The van der Waals surface area contributed by atoms with Gasteiger partial charge in [0.25, 0.3) is 0 Å². The minimum absolute atomic E-state index is 0.489. The molecular formula is C16H28N2S2. The number of nitrogens with one attached hydrogen (secondary N) is 1. The summed E-state index contributed by atoms with van der Waals surface area (Å²) in [5.74, 6) is 1.30. The molecule has 2 saturated carbocycles. The smallest absolute Gasteiger partial charge is 0.156 e. The summed E-state index contributed by atoms with van der Waals surface area (Å²) in [6.45, 7) is 2.20. The van der Waals surface area contributed by atoms with Crippen molar-refractivity contribution in [2.75, 3.05) is 25.1 Å². The zero-order valence-corrected chi connectivity index (χ0v) is 14.4. The zero-order chi connectivity index (χ0) is 13.9. The molecule has 3 aliphatic rings. The summed E-state index contributed by atoms with van der Waals surface area (Å²) in [6, 6.07) is 0. The van der Waals surface area contributed by atoms with Gasteiger partial charge in [-0.3, -0.25) is 4.99 Å². The summed E-state index contributed by atoms with van der Waals surface area (Å²) in [4.78, 5) is 4.89. The topological polar surface area (TPSA) is 24.4 Å².